The van der Waals surface area contributed by atoms with Crippen LogP contribution in [-0.2, 0) is 0 Å². The topological polar surface area (TPSA) is 101 Å². The predicted molar refractivity (Wildman–Crippen MR) is 92.9 cm³/mol. The molecule has 5 rings (SSSR count). The van der Waals surface area contributed by atoms with Gasteiger partial charge in [-0.2, -0.15) is 0 Å². The van der Waals surface area contributed by atoms with E-state index in [4.69, 9.17) is 5.73 Å². The Balaban J connectivity index is 1.63. The van der Waals surface area contributed by atoms with Crippen molar-refractivity contribution < 1.29 is 14.3 Å². The van der Waals surface area contributed by atoms with Gasteiger partial charge in [0.05, 0.1) is 5.39 Å². The molecule has 3 heterocycles. The Hall–Kier alpha value is -2.48. The summed E-state index contributed by atoms with van der Waals surface area (Å²) in [5.74, 6) is -0.114. The molecule has 3 N–H and O–H groups in total. The molecular formula is C18H19FN4O3. The number of carboxylic acids is 1. The number of aromatic carboxylic acids is 1. The molecule has 2 aromatic rings. The zero-order valence-electron chi connectivity index (χ0n) is 14.1. The van der Waals surface area contributed by atoms with Gasteiger partial charge in [0.25, 0.3) is 0 Å². The number of pyridine rings is 2. The summed E-state index contributed by atoms with van der Waals surface area (Å²) in [4.78, 5) is 30.2. The first-order valence-electron chi connectivity index (χ1n) is 8.93. The van der Waals surface area contributed by atoms with Crippen LogP contribution in [0.3, 0.4) is 0 Å². The largest absolute Gasteiger partial charge is 0.477 e. The summed E-state index contributed by atoms with van der Waals surface area (Å²) in [5, 5.41) is 9.31. The third-order valence-corrected chi connectivity index (χ3v) is 6.05. The highest BCUT2D eigenvalue weighted by atomic mass is 19.1. The molecule has 2 aliphatic carbocycles. The fourth-order valence-electron chi connectivity index (χ4n) is 4.41. The maximum absolute atomic E-state index is 14.7. The summed E-state index contributed by atoms with van der Waals surface area (Å²) in [6.45, 7) is 2.11. The number of hydrogen-bond donors (Lipinski definition) is 2. The molecule has 1 aliphatic heterocycles. The van der Waals surface area contributed by atoms with E-state index in [1.54, 1.807) is 4.57 Å². The standard InChI is InChI=1S/C18H19FN4O3/c19-14-3-9-15(24)13(18(25)26)7-23(8-1-2-8)16(9)21-17(14)22-5-11-10(4-20)12(11)6-22/h3,7-8,10-12H,1-2,4-6,20H2,(H,25,26)/t10?,11-,12+. The van der Waals surface area contributed by atoms with Crippen LogP contribution in [0.1, 0.15) is 29.2 Å². The van der Waals surface area contributed by atoms with Gasteiger partial charge < -0.3 is 20.3 Å². The number of fused-ring (bicyclic) bond motifs is 2. The van der Waals surface area contributed by atoms with E-state index in [1.165, 1.54) is 6.20 Å². The molecule has 3 aliphatic rings. The van der Waals surface area contributed by atoms with E-state index in [0.29, 0.717) is 29.9 Å². The smallest absolute Gasteiger partial charge is 0.341 e. The zero-order valence-corrected chi connectivity index (χ0v) is 14.1. The predicted octanol–water partition coefficient (Wildman–Crippen LogP) is 1.21. The molecule has 136 valence electrons. The molecule has 0 bridgehead atoms. The number of aromatic nitrogens is 2. The number of rotatable bonds is 4. The summed E-state index contributed by atoms with van der Waals surface area (Å²) in [6, 6.07) is 1.27. The van der Waals surface area contributed by atoms with Crippen LogP contribution in [0.25, 0.3) is 11.0 Å². The van der Waals surface area contributed by atoms with Crippen molar-refractivity contribution in [3.63, 3.8) is 0 Å². The highest BCUT2D eigenvalue weighted by Crippen LogP contribution is 2.52. The monoisotopic (exact) mass is 358 g/mol. The Morgan fingerprint density at radius 1 is 1.35 bits per heavy atom. The second-order valence-corrected chi connectivity index (χ2v) is 7.61. The Morgan fingerprint density at radius 3 is 2.62 bits per heavy atom. The molecule has 1 unspecified atom stereocenters. The lowest BCUT2D eigenvalue weighted by molar-refractivity contribution is 0.0695. The van der Waals surface area contributed by atoms with Gasteiger partial charge in [-0.25, -0.2) is 14.2 Å². The molecule has 3 atom stereocenters. The fourth-order valence-corrected chi connectivity index (χ4v) is 4.41. The minimum atomic E-state index is -1.30. The Labute approximate surface area is 148 Å². The Bertz CT molecular complexity index is 988. The molecule has 0 radical (unpaired) electrons. The molecule has 1 saturated heterocycles. The summed E-state index contributed by atoms with van der Waals surface area (Å²) in [6.07, 6.45) is 3.15. The molecule has 0 aromatic carbocycles. The van der Waals surface area contributed by atoms with Crippen LogP contribution >= 0.6 is 0 Å². The lowest BCUT2D eigenvalue weighted by atomic mass is 10.1. The number of halogens is 1. The summed E-state index contributed by atoms with van der Waals surface area (Å²) in [5.41, 5.74) is 5.08. The van der Waals surface area contributed by atoms with E-state index in [0.717, 1.165) is 32.0 Å². The number of carboxylic acid groups (broad SMARTS) is 1. The van der Waals surface area contributed by atoms with Crippen LogP contribution < -0.4 is 16.1 Å². The van der Waals surface area contributed by atoms with E-state index in [1.807, 2.05) is 4.90 Å². The Kier molecular flexibility index (Phi) is 3.19. The van der Waals surface area contributed by atoms with Crippen molar-refractivity contribution in [3.05, 3.63) is 33.9 Å². The zero-order chi connectivity index (χ0) is 18.2. The molecule has 8 heteroatoms. The van der Waals surface area contributed by atoms with Crippen molar-refractivity contribution >= 4 is 22.8 Å². The summed E-state index contributed by atoms with van der Waals surface area (Å²) >= 11 is 0. The maximum Gasteiger partial charge on any atom is 0.341 e. The van der Waals surface area contributed by atoms with Crippen molar-refractivity contribution in [2.24, 2.45) is 23.5 Å². The molecule has 0 spiro atoms. The van der Waals surface area contributed by atoms with Crippen LogP contribution in [0.15, 0.2) is 17.1 Å². The van der Waals surface area contributed by atoms with E-state index in [-0.39, 0.29) is 22.8 Å². The average Bonchev–Trinajstić information content (AvgIpc) is 3.52. The van der Waals surface area contributed by atoms with Gasteiger partial charge in [0.2, 0.25) is 5.43 Å². The van der Waals surface area contributed by atoms with Crippen molar-refractivity contribution in [1.29, 1.82) is 0 Å². The number of anilines is 1. The van der Waals surface area contributed by atoms with Crippen LogP contribution in [-0.4, -0.2) is 40.3 Å². The second-order valence-electron chi connectivity index (χ2n) is 7.61. The van der Waals surface area contributed by atoms with Gasteiger partial charge in [-0.1, -0.05) is 0 Å². The van der Waals surface area contributed by atoms with Gasteiger partial charge in [0.15, 0.2) is 11.6 Å². The molecule has 7 nitrogen and oxygen atoms in total. The van der Waals surface area contributed by atoms with Gasteiger partial charge in [0, 0.05) is 25.3 Å². The normalized spacial score (nSPS) is 27.0. The molecule has 2 aromatic heterocycles. The number of nitrogens with two attached hydrogens (primary N) is 1. The number of hydrogen-bond acceptors (Lipinski definition) is 5. The molecule has 2 saturated carbocycles. The van der Waals surface area contributed by atoms with Crippen LogP contribution in [0.4, 0.5) is 10.2 Å². The maximum atomic E-state index is 14.7. The third kappa shape index (κ3) is 2.18. The van der Waals surface area contributed by atoms with Gasteiger partial charge in [-0.15, -0.1) is 0 Å². The van der Waals surface area contributed by atoms with Gasteiger partial charge >= 0.3 is 5.97 Å². The van der Waals surface area contributed by atoms with Crippen molar-refractivity contribution in [2.45, 2.75) is 18.9 Å². The quantitative estimate of drug-likeness (QED) is 0.852. The highest BCUT2D eigenvalue weighted by molar-refractivity contribution is 5.92. The van der Waals surface area contributed by atoms with Crippen molar-refractivity contribution in [1.82, 2.24) is 9.55 Å². The van der Waals surface area contributed by atoms with E-state index >= 15 is 0 Å². The minimum Gasteiger partial charge on any atom is -0.477 e. The van der Waals surface area contributed by atoms with E-state index in [9.17, 15) is 19.1 Å². The first kappa shape index (κ1) is 15.7. The van der Waals surface area contributed by atoms with Gasteiger partial charge in [-0.05, 0) is 43.2 Å². The van der Waals surface area contributed by atoms with Gasteiger partial charge in [0.1, 0.15) is 11.2 Å². The first-order chi connectivity index (χ1) is 12.5. The fraction of sp³-hybridized carbons (Fsp3) is 0.500. The lowest BCUT2D eigenvalue weighted by Crippen LogP contribution is -2.28. The number of carbonyl (C=O) groups is 1. The summed E-state index contributed by atoms with van der Waals surface area (Å²) < 4.78 is 16.5. The molecule has 0 amide bonds. The van der Waals surface area contributed by atoms with Gasteiger partial charge in [-0.3, -0.25) is 4.79 Å². The van der Waals surface area contributed by atoms with Crippen molar-refractivity contribution in [3.8, 4) is 0 Å². The van der Waals surface area contributed by atoms with E-state index < -0.39 is 17.2 Å². The lowest BCUT2D eigenvalue weighted by Gasteiger charge is -2.22. The minimum absolute atomic E-state index is 0.0299. The summed E-state index contributed by atoms with van der Waals surface area (Å²) in [7, 11) is 0. The molecule has 26 heavy (non-hydrogen) atoms. The Morgan fingerprint density at radius 2 is 2.04 bits per heavy atom. The second kappa shape index (κ2) is 5.26. The first-order valence-corrected chi connectivity index (χ1v) is 8.93. The SMILES string of the molecule is NCC1[C@H]2CN(c3nc4c(cc3F)c(=O)c(C(=O)O)cn4C3CC3)C[C@@H]12. The average molecular weight is 358 g/mol. The molecule has 3 fully saturated rings. The molecular weight excluding hydrogens is 339 g/mol. The van der Waals surface area contributed by atoms with E-state index in [2.05, 4.69) is 4.98 Å². The van der Waals surface area contributed by atoms with Crippen LogP contribution in [0.5, 0.6) is 0 Å². The van der Waals surface area contributed by atoms with Crippen LogP contribution in [0.2, 0.25) is 0 Å². The van der Waals surface area contributed by atoms with Crippen LogP contribution in [0, 0.1) is 23.6 Å². The number of piperidine rings is 1. The third-order valence-electron chi connectivity index (χ3n) is 6.05. The number of nitrogens with zero attached hydrogens (tertiary/aromatic N) is 3. The van der Waals surface area contributed by atoms with Crippen molar-refractivity contribution in [2.75, 3.05) is 24.5 Å². The highest BCUT2D eigenvalue weighted by Gasteiger charge is 2.55.